The molecule has 1 aliphatic carbocycles. The Labute approximate surface area is 168 Å². The molecule has 2 N–H and O–H groups in total. The summed E-state index contributed by atoms with van der Waals surface area (Å²) in [5.74, 6) is -0.240. The van der Waals surface area contributed by atoms with Gasteiger partial charge in [0.05, 0.1) is 10.9 Å². The molecule has 1 heterocycles. The Morgan fingerprint density at radius 1 is 1.30 bits per heavy atom. The van der Waals surface area contributed by atoms with Crippen molar-refractivity contribution in [2.75, 3.05) is 18.4 Å². The van der Waals surface area contributed by atoms with Gasteiger partial charge in [0.25, 0.3) is 5.91 Å². The van der Waals surface area contributed by atoms with Crippen LogP contribution in [0.25, 0.3) is 0 Å². The molecule has 5 nitrogen and oxygen atoms in total. The van der Waals surface area contributed by atoms with Gasteiger partial charge in [0, 0.05) is 35.3 Å². The molecule has 1 aliphatic rings. The van der Waals surface area contributed by atoms with E-state index in [0.29, 0.717) is 30.4 Å². The van der Waals surface area contributed by atoms with E-state index in [4.69, 9.17) is 11.6 Å². The predicted octanol–water partition coefficient (Wildman–Crippen LogP) is 3.92. The number of thiophene rings is 1. The fourth-order valence-electron chi connectivity index (χ4n) is 2.66. The number of halogens is 1. The van der Waals surface area contributed by atoms with Crippen LogP contribution in [-0.4, -0.2) is 35.8 Å². The van der Waals surface area contributed by atoms with Gasteiger partial charge >= 0.3 is 0 Å². The van der Waals surface area contributed by atoms with E-state index in [9.17, 15) is 9.59 Å². The summed E-state index contributed by atoms with van der Waals surface area (Å²) in [5.41, 5.74) is 1.16. The number of carbonyl (C=O) groups is 2. The van der Waals surface area contributed by atoms with Crippen LogP contribution in [0.3, 0.4) is 0 Å². The third kappa shape index (κ3) is 6.20. The first-order valence-electron chi connectivity index (χ1n) is 8.81. The van der Waals surface area contributed by atoms with E-state index in [0.717, 1.165) is 22.1 Å². The Morgan fingerprint density at radius 3 is 2.78 bits per heavy atom. The summed E-state index contributed by atoms with van der Waals surface area (Å²) in [6, 6.07) is 11.1. The number of carbonyl (C=O) groups excluding carboxylic acids is 2. The highest BCUT2D eigenvalue weighted by molar-refractivity contribution is 7.16. The highest BCUT2D eigenvalue weighted by Gasteiger charge is 2.23. The van der Waals surface area contributed by atoms with Gasteiger partial charge in [0.15, 0.2) is 0 Å². The molecule has 1 fully saturated rings. The van der Waals surface area contributed by atoms with Gasteiger partial charge in [-0.15, -0.1) is 17.9 Å². The molecule has 1 saturated carbocycles. The minimum absolute atomic E-state index is 0.101. The summed E-state index contributed by atoms with van der Waals surface area (Å²) in [5, 5.41) is 5.82. The second-order valence-corrected chi connectivity index (χ2v) is 8.34. The summed E-state index contributed by atoms with van der Waals surface area (Å²) in [7, 11) is 0. The van der Waals surface area contributed by atoms with Crippen molar-refractivity contribution in [1.82, 2.24) is 10.2 Å². The highest BCUT2D eigenvalue weighted by Crippen LogP contribution is 2.23. The van der Waals surface area contributed by atoms with E-state index in [1.807, 2.05) is 17.0 Å². The van der Waals surface area contributed by atoms with Gasteiger partial charge in [0.2, 0.25) is 5.91 Å². The van der Waals surface area contributed by atoms with Crippen molar-refractivity contribution in [3.8, 4) is 0 Å². The maximum absolute atomic E-state index is 12.5. The van der Waals surface area contributed by atoms with Crippen molar-refractivity contribution in [3.05, 3.63) is 63.8 Å². The largest absolute Gasteiger partial charge is 0.349 e. The summed E-state index contributed by atoms with van der Waals surface area (Å²) in [4.78, 5) is 27.7. The molecule has 0 bridgehead atoms. The van der Waals surface area contributed by atoms with Gasteiger partial charge < -0.3 is 10.6 Å². The first kappa shape index (κ1) is 19.6. The lowest BCUT2D eigenvalue weighted by Crippen LogP contribution is -2.33. The maximum Gasteiger partial charge on any atom is 0.251 e. The number of amides is 2. The summed E-state index contributed by atoms with van der Waals surface area (Å²) < 4.78 is 0.731. The maximum atomic E-state index is 12.5. The van der Waals surface area contributed by atoms with Crippen molar-refractivity contribution in [3.63, 3.8) is 0 Å². The average molecular weight is 404 g/mol. The monoisotopic (exact) mass is 403 g/mol. The number of hydrogen-bond donors (Lipinski definition) is 2. The standard InChI is InChI=1S/C20H22ClN3O2S/c1-2-10-24(12-17-8-9-18(21)27-17)13-19(25)22-16-5-3-4-14(11-16)20(26)23-15-6-7-15/h2-5,8-9,11,15H,1,6-7,10,12-13H2,(H,22,25)(H,23,26). The van der Waals surface area contributed by atoms with Crippen LogP contribution < -0.4 is 10.6 Å². The Balaban J connectivity index is 1.57. The fourth-order valence-corrected chi connectivity index (χ4v) is 3.79. The second kappa shape index (κ2) is 9.17. The molecular formula is C20H22ClN3O2S. The molecule has 2 aromatic rings. The van der Waals surface area contributed by atoms with Crippen molar-refractivity contribution in [1.29, 1.82) is 0 Å². The van der Waals surface area contributed by atoms with E-state index in [-0.39, 0.29) is 18.4 Å². The molecule has 1 aromatic carbocycles. The Hall–Kier alpha value is -2.15. The van der Waals surface area contributed by atoms with E-state index in [1.165, 1.54) is 11.3 Å². The van der Waals surface area contributed by atoms with E-state index < -0.39 is 0 Å². The molecule has 27 heavy (non-hydrogen) atoms. The van der Waals surface area contributed by atoms with Crippen molar-refractivity contribution < 1.29 is 9.59 Å². The van der Waals surface area contributed by atoms with Crippen LogP contribution in [-0.2, 0) is 11.3 Å². The molecular weight excluding hydrogens is 382 g/mol. The van der Waals surface area contributed by atoms with Crippen LogP contribution >= 0.6 is 22.9 Å². The third-order valence-electron chi connectivity index (χ3n) is 4.08. The number of nitrogens with zero attached hydrogens (tertiary/aromatic N) is 1. The van der Waals surface area contributed by atoms with Gasteiger partial charge in [-0.05, 0) is 43.2 Å². The molecule has 142 valence electrons. The molecule has 2 amide bonds. The zero-order chi connectivity index (χ0) is 19.2. The molecule has 0 saturated heterocycles. The van der Waals surface area contributed by atoms with Gasteiger partial charge in [-0.1, -0.05) is 23.7 Å². The first-order chi connectivity index (χ1) is 13.0. The number of nitrogens with one attached hydrogen (secondary N) is 2. The van der Waals surface area contributed by atoms with Gasteiger partial charge in [-0.2, -0.15) is 0 Å². The second-order valence-electron chi connectivity index (χ2n) is 6.54. The molecule has 3 rings (SSSR count). The summed E-state index contributed by atoms with van der Waals surface area (Å²) in [6.07, 6.45) is 3.85. The van der Waals surface area contributed by atoms with Crippen molar-refractivity contribution in [2.45, 2.75) is 25.4 Å². The van der Waals surface area contributed by atoms with E-state index in [1.54, 1.807) is 30.3 Å². The van der Waals surface area contributed by atoms with Crippen LogP contribution in [0.4, 0.5) is 5.69 Å². The molecule has 0 unspecified atom stereocenters. The zero-order valence-corrected chi connectivity index (χ0v) is 16.5. The first-order valence-corrected chi connectivity index (χ1v) is 10.0. The van der Waals surface area contributed by atoms with Gasteiger partial charge in [-0.25, -0.2) is 0 Å². The predicted molar refractivity (Wildman–Crippen MR) is 110 cm³/mol. The van der Waals surface area contributed by atoms with Crippen molar-refractivity contribution in [2.24, 2.45) is 0 Å². The molecule has 0 radical (unpaired) electrons. The van der Waals surface area contributed by atoms with Crippen LogP contribution in [0.15, 0.2) is 49.1 Å². The minimum atomic E-state index is -0.140. The lowest BCUT2D eigenvalue weighted by atomic mass is 10.2. The number of rotatable bonds is 9. The normalized spacial score (nSPS) is 13.4. The minimum Gasteiger partial charge on any atom is -0.349 e. The van der Waals surface area contributed by atoms with Crippen LogP contribution in [0.5, 0.6) is 0 Å². The quantitative estimate of drug-likeness (QED) is 0.624. The lowest BCUT2D eigenvalue weighted by Gasteiger charge is -2.19. The number of benzene rings is 1. The SMILES string of the molecule is C=CCN(CC(=O)Nc1cccc(C(=O)NC2CC2)c1)Cc1ccc(Cl)s1. The van der Waals surface area contributed by atoms with Gasteiger partial charge in [0.1, 0.15) is 0 Å². The lowest BCUT2D eigenvalue weighted by molar-refractivity contribution is -0.117. The van der Waals surface area contributed by atoms with Crippen LogP contribution in [0.2, 0.25) is 4.34 Å². The Bertz CT molecular complexity index is 832. The molecule has 7 heteroatoms. The Kier molecular flexibility index (Phi) is 6.66. The molecule has 1 aromatic heterocycles. The van der Waals surface area contributed by atoms with Crippen LogP contribution in [0.1, 0.15) is 28.1 Å². The van der Waals surface area contributed by atoms with Crippen LogP contribution in [0, 0.1) is 0 Å². The summed E-state index contributed by atoms with van der Waals surface area (Å²) >= 11 is 7.48. The molecule has 0 spiro atoms. The molecule has 0 atom stereocenters. The fraction of sp³-hybridized carbons (Fsp3) is 0.300. The number of anilines is 1. The summed E-state index contributed by atoms with van der Waals surface area (Å²) in [6.45, 7) is 5.20. The Morgan fingerprint density at radius 2 is 2.11 bits per heavy atom. The van der Waals surface area contributed by atoms with Gasteiger partial charge in [-0.3, -0.25) is 14.5 Å². The molecule has 0 aliphatic heterocycles. The van der Waals surface area contributed by atoms with E-state index in [2.05, 4.69) is 17.2 Å². The highest BCUT2D eigenvalue weighted by atomic mass is 35.5. The zero-order valence-electron chi connectivity index (χ0n) is 14.9. The third-order valence-corrected chi connectivity index (χ3v) is 5.30. The topological polar surface area (TPSA) is 61.4 Å². The smallest absolute Gasteiger partial charge is 0.251 e. The van der Waals surface area contributed by atoms with E-state index >= 15 is 0 Å². The average Bonchev–Trinajstić information content (AvgIpc) is 3.35. The number of hydrogen-bond acceptors (Lipinski definition) is 4. The van der Waals surface area contributed by atoms with Crippen molar-refractivity contribution >= 4 is 40.4 Å².